The summed E-state index contributed by atoms with van der Waals surface area (Å²) >= 11 is 0. The Labute approximate surface area is 156 Å². The Morgan fingerprint density at radius 1 is 1.00 bits per heavy atom. The van der Waals surface area contributed by atoms with Crippen LogP contribution in [0.1, 0.15) is 47.7 Å². The third kappa shape index (κ3) is 4.18. The molecule has 0 spiro atoms. The number of hydrogen-bond acceptors (Lipinski definition) is 4. The lowest BCUT2D eigenvalue weighted by Crippen LogP contribution is -2.07. The molecule has 0 N–H and O–H groups in total. The van der Waals surface area contributed by atoms with Gasteiger partial charge in [0.15, 0.2) is 0 Å². The van der Waals surface area contributed by atoms with Gasteiger partial charge < -0.3 is 14.2 Å². The van der Waals surface area contributed by atoms with Gasteiger partial charge >= 0.3 is 5.97 Å². The molecule has 0 radical (unpaired) electrons. The molecule has 0 heterocycles. The summed E-state index contributed by atoms with van der Waals surface area (Å²) in [6, 6.07) is 9.59. The minimum atomic E-state index is -0.357. The first kappa shape index (κ1) is 19.8. The van der Waals surface area contributed by atoms with Crippen LogP contribution >= 0.6 is 0 Å². The van der Waals surface area contributed by atoms with Crippen molar-refractivity contribution in [3.05, 3.63) is 47.0 Å². The fourth-order valence-electron chi connectivity index (χ4n) is 3.19. The molecule has 26 heavy (non-hydrogen) atoms. The average Bonchev–Trinajstić information content (AvgIpc) is 2.67. The van der Waals surface area contributed by atoms with Gasteiger partial charge in [0.05, 0.1) is 32.5 Å². The zero-order valence-corrected chi connectivity index (χ0v) is 16.3. The number of rotatable bonds is 8. The second kappa shape index (κ2) is 9.27. The van der Waals surface area contributed by atoms with Crippen LogP contribution in [0.15, 0.2) is 30.3 Å². The predicted octanol–water partition coefficient (Wildman–Crippen LogP) is 5.20. The first-order valence-electron chi connectivity index (χ1n) is 9.00. The van der Waals surface area contributed by atoms with Crippen LogP contribution in [0.25, 0.3) is 11.1 Å². The number of esters is 1. The Kier molecular flexibility index (Phi) is 7.07. The van der Waals surface area contributed by atoms with Gasteiger partial charge in [-0.3, -0.25) is 0 Å². The maximum Gasteiger partial charge on any atom is 0.338 e. The smallest absolute Gasteiger partial charge is 0.338 e. The summed E-state index contributed by atoms with van der Waals surface area (Å²) in [4.78, 5) is 12.5. The second-order valence-corrected chi connectivity index (χ2v) is 6.31. The van der Waals surface area contributed by atoms with Gasteiger partial charge in [-0.15, -0.1) is 0 Å². The van der Waals surface area contributed by atoms with E-state index in [1.165, 1.54) is 25.5 Å². The predicted molar refractivity (Wildman–Crippen MR) is 104 cm³/mol. The zero-order chi connectivity index (χ0) is 19.1. The average molecular weight is 356 g/mol. The normalized spacial score (nSPS) is 10.5. The van der Waals surface area contributed by atoms with Crippen molar-refractivity contribution in [2.24, 2.45) is 0 Å². The van der Waals surface area contributed by atoms with Crippen LogP contribution in [0.3, 0.4) is 0 Å². The molecule has 0 bridgehead atoms. The van der Waals surface area contributed by atoms with Crippen molar-refractivity contribution in [3.63, 3.8) is 0 Å². The minimum absolute atomic E-state index is 0.357. The summed E-state index contributed by atoms with van der Waals surface area (Å²) in [6.45, 7) is 4.26. The van der Waals surface area contributed by atoms with E-state index in [9.17, 15) is 4.79 Å². The van der Waals surface area contributed by atoms with Gasteiger partial charge in [-0.2, -0.15) is 0 Å². The number of ether oxygens (including phenoxy) is 3. The molecule has 2 aromatic carbocycles. The van der Waals surface area contributed by atoms with Crippen molar-refractivity contribution in [3.8, 4) is 22.6 Å². The Morgan fingerprint density at radius 3 is 2.19 bits per heavy atom. The molecule has 0 atom stereocenters. The number of benzene rings is 2. The Morgan fingerprint density at radius 2 is 1.65 bits per heavy atom. The van der Waals surface area contributed by atoms with E-state index in [4.69, 9.17) is 14.2 Å². The molecule has 0 aliphatic rings. The van der Waals surface area contributed by atoms with Gasteiger partial charge in [0, 0.05) is 5.56 Å². The first-order valence-corrected chi connectivity index (χ1v) is 9.00. The van der Waals surface area contributed by atoms with E-state index < -0.39 is 0 Å². The highest BCUT2D eigenvalue weighted by atomic mass is 16.5. The summed E-state index contributed by atoms with van der Waals surface area (Å²) in [6.07, 6.45) is 4.40. The van der Waals surface area contributed by atoms with E-state index in [0.29, 0.717) is 17.1 Å². The number of carbonyl (C=O) groups is 1. The van der Waals surface area contributed by atoms with Crippen LogP contribution in [0.5, 0.6) is 11.5 Å². The van der Waals surface area contributed by atoms with E-state index in [-0.39, 0.29) is 5.97 Å². The standard InChI is InChI=1S/C22H28O4/c1-6-7-8-10-16-14-18(22(23)26-5)17(13-15(16)2)21-19(24-3)11-9-12-20(21)25-4/h9,11-14H,6-8,10H2,1-5H3. The highest BCUT2D eigenvalue weighted by Crippen LogP contribution is 2.41. The van der Waals surface area contributed by atoms with Crippen LogP contribution in [0.2, 0.25) is 0 Å². The van der Waals surface area contributed by atoms with Gasteiger partial charge in [0.1, 0.15) is 11.5 Å². The largest absolute Gasteiger partial charge is 0.496 e. The molecule has 0 aliphatic heterocycles. The van der Waals surface area contributed by atoms with Crippen molar-refractivity contribution < 1.29 is 19.0 Å². The number of unbranched alkanes of at least 4 members (excludes halogenated alkanes) is 2. The summed E-state index contributed by atoms with van der Waals surface area (Å²) in [7, 11) is 4.63. The molecular weight excluding hydrogens is 328 g/mol. The van der Waals surface area contributed by atoms with Crippen LogP contribution in [0.4, 0.5) is 0 Å². The molecule has 0 saturated heterocycles. The maximum absolute atomic E-state index is 12.5. The molecular formula is C22H28O4. The van der Waals surface area contributed by atoms with Crippen LogP contribution in [-0.2, 0) is 11.2 Å². The van der Waals surface area contributed by atoms with Gasteiger partial charge in [0.2, 0.25) is 0 Å². The highest BCUT2D eigenvalue weighted by molar-refractivity contribution is 5.99. The lowest BCUT2D eigenvalue weighted by Gasteiger charge is -2.18. The molecule has 4 nitrogen and oxygen atoms in total. The van der Waals surface area contributed by atoms with Crippen molar-refractivity contribution >= 4 is 5.97 Å². The van der Waals surface area contributed by atoms with Crippen LogP contribution < -0.4 is 9.47 Å². The van der Waals surface area contributed by atoms with Crippen molar-refractivity contribution in [1.82, 2.24) is 0 Å². The topological polar surface area (TPSA) is 44.8 Å². The molecule has 2 rings (SSSR count). The Bertz CT molecular complexity index is 743. The maximum atomic E-state index is 12.5. The van der Waals surface area contributed by atoms with Gasteiger partial charge in [-0.25, -0.2) is 4.79 Å². The molecule has 0 aliphatic carbocycles. The summed E-state index contributed by atoms with van der Waals surface area (Å²) in [5.74, 6) is 0.963. The fourth-order valence-corrected chi connectivity index (χ4v) is 3.19. The second-order valence-electron chi connectivity index (χ2n) is 6.31. The minimum Gasteiger partial charge on any atom is -0.496 e. The molecule has 140 valence electrons. The number of methoxy groups -OCH3 is 3. The fraction of sp³-hybridized carbons (Fsp3) is 0.409. The summed E-state index contributed by atoms with van der Waals surface area (Å²) in [5.41, 5.74) is 4.39. The Hall–Kier alpha value is -2.49. The van der Waals surface area contributed by atoms with Crippen molar-refractivity contribution in [2.45, 2.75) is 39.5 Å². The van der Waals surface area contributed by atoms with E-state index in [1.807, 2.05) is 30.3 Å². The molecule has 0 amide bonds. The third-order valence-electron chi connectivity index (χ3n) is 4.63. The number of carbonyl (C=O) groups excluding carboxylic acids is 1. The van der Waals surface area contributed by atoms with Gasteiger partial charge in [-0.1, -0.05) is 31.9 Å². The number of hydrogen-bond donors (Lipinski definition) is 0. The first-order chi connectivity index (χ1) is 12.6. The lowest BCUT2D eigenvalue weighted by atomic mass is 9.91. The zero-order valence-electron chi connectivity index (χ0n) is 16.3. The van der Waals surface area contributed by atoms with Gasteiger partial charge in [-0.05, 0) is 49.1 Å². The summed E-state index contributed by atoms with van der Waals surface area (Å²) in [5, 5.41) is 0. The molecule has 0 aromatic heterocycles. The van der Waals surface area contributed by atoms with E-state index in [2.05, 4.69) is 13.8 Å². The molecule has 0 fully saturated rings. The molecule has 4 heteroatoms. The highest BCUT2D eigenvalue weighted by Gasteiger charge is 2.21. The van der Waals surface area contributed by atoms with Gasteiger partial charge in [0.25, 0.3) is 0 Å². The van der Waals surface area contributed by atoms with E-state index in [1.54, 1.807) is 14.2 Å². The van der Waals surface area contributed by atoms with E-state index in [0.717, 1.165) is 29.5 Å². The molecule has 0 saturated carbocycles. The van der Waals surface area contributed by atoms with E-state index >= 15 is 0 Å². The monoisotopic (exact) mass is 356 g/mol. The quantitative estimate of drug-likeness (QED) is 0.482. The van der Waals surface area contributed by atoms with Crippen LogP contribution in [-0.4, -0.2) is 27.3 Å². The SMILES string of the molecule is CCCCCc1cc(C(=O)OC)c(-c2c(OC)cccc2OC)cc1C. The third-order valence-corrected chi connectivity index (χ3v) is 4.63. The molecule has 2 aromatic rings. The lowest BCUT2D eigenvalue weighted by molar-refractivity contribution is 0.0601. The molecule has 0 unspecified atom stereocenters. The summed E-state index contributed by atoms with van der Waals surface area (Å²) < 4.78 is 16.1. The van der Waals surface area contributed by atoms with Crippen molar-refractivity contribution in [1.29, 1.82) is 0 Å². The van der Waals surface area contributed by atoms with Crippen LogP contribution in [0, 0.1) is 6.92 Å². The van der Waals surface area contributed by atoms with Crippen molar-refractivity contribution in [2.75, 3.05) is 21.3 Å². The number of aryl methyl sites for hydroxylation is 2. The Balaban J connectivity index is 2.65.